The highest BCUT2D eigenvalue weighted by Crippen LogP contribution is 2.46. The fraction of sp³-hybridized carbons (Fsp3) is 0.565. The molecule has 2 aromatic rings. The molecular weight excluding hydrogens is 412 g/mol. The van der Waals surface area contributed by atoms with Gasteiger partial charge in [-0.1, -0.05) is 0 Å². The van der Waals surface area contributed by atoms with Crippen LogP contribution in [0, 0.1) is 0 Å². The lowest BCUT2D eigenvalue weighted by atomic mass is 9.74. The van der Waals surface area contributed by atoms with Gasteiger partial charge < -0.3 is 19.9 Å². The number of fused-ring (bicyclic) bond motifs is 1. The predicted octanol–water partition coefficient (Wildman–Crippen LogP) is 2.37. The van der Waals surface area contributed by atoms with Gasteiger partial charge >= 0.3 is 11.8 Å². The molecule has 1 atom stereocenters. The Morgan fingerprint density at radius 3 is 2.56 bits per heavy atom. The van der Waals surface area contributed by atoms with Gasteiger partial charge in [0.2, 0.25) is 0 Å². The van der Waals surface area contributed by atoms with Crippen LogP contribution in [0.1, 0.15) is 63.7 Å². The number of carbonyl (C=O) groups excluding carboxylic acids is 2. The molecule has 1 aliphatic carbocycles. The molecule has 9 nitrogen and oxygen atoms in total. The van der Waals surface area contributed by atoms with Gasteiger partial charge in [-0.05, 0) is 71.6 Å². The van der Waals surface area contributed by atoms with E-state index in [2.05, 4.69) is 10.3 Å². The Hall–Kier alpha value is -3.10. The molecule has 9 heteroatoms. The van der Waals surface area contributed by atoms with Crippen LogP contribution in [0.25, 0.3) is 10.9 Å². The molecule has 4 rings (SSSR count). The van der Waals surface area contributed by atoms with Gasteiger partial charge in [-0.15, -0.1) is 0 Å². The maximum absolute atomic E-state index is 12.9. The van der Waals surface area contributed by atoms with Crippen molar-refractivity contribution in [3.63, 3.8) is 0 Å². The van der Waals surface area contributed by atoms with Crippen LogP contribution in [0.15, 0.2) is 27.8 Å². The number of hydrogen-bond acceptors (Lipinski definition) is 5. The zero-order valence-electron chi connectivity index (χ0n) is 19.0. The number of carbonyl (C=O) groups is 2. The van der Waals surface area contributed by atoms with Crippen molar-refractivity contribution in [1.29, 1.82) is 0 Å². The zero-order valence-corrected chi connectivity index (χ0v) is 19.0. The molecule has 1 unspecified atom stereocenters. The largest absolute Gasteiger partial charge is 0.444 e. The van der Waals surface area contributed by atoms with Crippen LogP contribution < -0.4 is 16.6 Å². The standard InChI is InChI=1S/C23H30N4O5/c1-5-26-19(29)16-8-7-14(11-17(16)25-20(26)30)18(28)24-15-12-23(9-6-10-23)27(13-15)21(31)32-22(2,3)4/h7-8,11,15H,5-6,9-10,12-13H2,1-4H3,(H,24,28)(H,25,30). The molecular formula is C23H30N4O5. The number of amides is 2. The molecule has 1 aromatic carbocycles. The lowest BCUT2D eigenvalue weighted by Gasteiger charge is -2.45. The van der Waals surface area contributed by atoms with Gasteiger partial charge in [-0.3, -0.25) is 14.2 Å². The maximum Gasteiger partial charge on any atom is 0.410 e. The third kappa shape index (κ3) is 3.91. The van der Waals surface area contributed by atoms with Crippen molar-refractivity contribution in [2.75, 3.05) is 6.54 Å². The Labute approximate surface area is 185 Å². The van der Waals surface area contributed by atoms with Gasteiger partial charge in [0.15, 0.2) is 0 Å². The highest BCUT2D eigenvalue weighted by molar-refractivity contribution is 5.97. The average molecular weight is 443 g/mol. The van der Waals surface area contributed by atoms with Crippen molar-refractivity contribution in [2.24, 2.45) is 0 Å². The maximum atomic E-state index is 12.9. The van der Waals surface area contributed by atoms with Crippen LogP contribution in [-0.4, -0.2) is 50.2 Å². The topological polar surface area (TPSA) is 114 Å². The Morgan fingerprint density at radius 2 is 1.97 bits per heavy atom. The first-order chi connectivity index (χ1) is 15.0. The SMILES string of the molecule is CCn1c(=O)[nH]c2cc(C(=O)NC3CN(C(=O)OC(C)(C)C)C4(CCC4)C3)ccc2c1=O. The van der Waals surface area contributed by atoms with Crippen LogP contribution in [0.3, 0.4) is 0 Å². The summed E-state index contributed by atoms with van der Waals surface area (Å²) in [5.74, 6) is -0.307. The van der Waals surface area contributed by atoms with E-state index in [9.17, 15) is 19.2 Å². The van der Waals surface area contributed by atoms with Crippen molar-refractivity contribution >= 4 is 22.9 Å². The highest BCUT2D eigenvalue weighted by atomic mass is 16.6. The van der Waals surface area contributed by atoms with E-state index in [-0.39, 0.29) is 35.7 Å². The molecule has 2 fully saturated rings. The fourth-order valence-electron chi connectivity index (χ4n) is 4.74. The molecule has 2 aliphatic rings. The molecule has 172 valence electrons. The van der Waals surface area contributed by atoms with E-state index >= 15 is 0 Å². The molecule has 1 spiro atoms. The predicted molar refractivity (Wildman–Crippen MR) is 120 cm³/mol. The summed E-state index contributed by atoms with van der Waals surface area (Å²) in [6, 6.07) is 4.46. The Morgan fingerprint density at radius 1 is 1.25 bits per heavy atom. The average Bonchev–Trinajstić information content (AvgIpc) is 3.06. The first-order valence-corrected chi connectivity index (χ1v) is 11.1. The second kappa shape index (κ2) is 7.79. The number of likely N-dealkylation sites (tertiary alicyclic amines) is 1. The van der Waals surface area contributed by atoms with Gasteiger partial charge in [0, 0.05) is 30.2 Å². The number of benzene rings is 1. The van der Waals surface area contributed by atoms with Gasteiger partial charge in [-0.25, -0.2) is 9.59 Å². The normalized spacial score (nSPS) is 19.8. The van der Waals surface area contributed by atoms with E-state index in [1.165, 1.54) is 6.07 Å². The molecule has 2 heterocycles. The number of aromatic amines is 1. The van der Waals surface area contributed by atoms with Crippen molar-refractivity contribution in [1.82, 2.24) is 19.8 Å². The lowest BCUT2D eigenvalue weighted by molar-refractivity contribution is -0.00981. The molecule has 1 aliphatic heterocycles. The second-order valence-electron chi connectivity index (χ2n) is 9.78. The molecule has 2 amide bonds. The summed E-state index contributed by atoms with van der Waals surface area (Å²) in [5.41, 5.74) is -1.04. The number of ether oxygens (including phenoxy) is 1. The highest BCUT2D eigenvalue weighted by Gasteiger charge is 2.52. The number of nitrogens with zero attached hydrogens (tertiary/aromatic N) is 2. The summed E-state index contributed by atoms with van der Waals surface area (Å²) in [6.45, 7) is 7.91. The van der Waals surface area contributed by atoms with Crippen LogP contribution in [0.4, 0.5) is 4.79 Å². The minimum atomic E-state index is -0.582. The molecule has 0 bridgehead atoms. The van der Waals surface area contributed by atoms with Gasteiger partial charge in [0.05, 0.1) is 10.9 Å². The van der Waals surface area contributed by atoms with Crippen molar-refractivity contribution in [2.45, 2.75) is 77.1 Å². The monoisotopic (exact) mass is 442 g/mol. The van der Waals surface area contributed by atoms with Gasteiger partial charge in [0.25, 0.3) is 11.5 Å². The first kappa shape index (κ1) is 22.1. The first-order valence-electron chi connectivity index (χ1n) is 11.1. The van der Waals surface area contributed by atoms with Crippen molar-refractivity contribution < 1.29 is 14.3 Å². The molecule has 0 radical (unpaired) electrons. The Balaban J connectivity index is 1.53. The summed E-state index contributed by atoms with van der Waals surface area (Å²) in [7, 11) is 0. The molecule has 2 N–H and O–H groups in total. The Bertz CT molecular complexity index is 1190. The summed E-state index contributed by atoms with van der Waals surface area (Å²) >= 11 is 0. The summed E-state index contributed by atoms with van der Waals surface area (Å²) in [4.78, 5) is 54.7. The van der Waals surface area contributed by atoms with Gasteiger partial charge in [0.1, 0.15) is 5.60 Å². The third-order valence-corrected chi connectivity index (χ3v) is 6.40. The smallest absolute Gasteiger partial charge is 0.410 e. The summed E-state index contributed by atoms with van der Waals surface area (Å²) in [5, 5.41) is 3.37. The van der Waals surface area contributed by atoms with Crippen molar-refractivity contribution in [3.05, 3.63) is 44.6 Å². The number of hydrogen-bond donors (Lipinski definition) is 2. The second-order valence-corrected chi connectivity index (χ2v) is 9.78. The van der Waals surface area contributed by atoms with E-state index in [4.69, 9.17) is 4.74 Å². The van der Waals surface area contributed by atoms with Crippen LogP contribution >= 0.6 is 0 Å². The van der Waals surface area contributed by atoms with E-state index in [0.29, 0.717) is 29.4 Å². The van der Waals surface area contributed by atoms with Crippen LogP contribution in [-0.2, 0) is 11.3 Å². The fourth-order valence-corrected chi connectivity index (χ4v) is 4.74. The molecule has 1 saturated carbocycles. The molecule has 1 aromatic heterocycles. The molecule has 32 heavy (non-hydrogen) atoms. The summed E-state index contributed by atoms with van der Waals surface area (Å²) in [6.07, 6.45) is 3.19. The lowest BCUT2D eigenvalue weighted by Crippen LogP contribution is -2.53. The van der Waals surface area contributed by atoms with Crippen LogP contribution in [0.5, 0.6) is 0 Å². The minimum absolute atomic E-state index is 0.196. The quantitative estimate of drug-likeness (QED) is 0.758. The minimum Gasteiger partial charge on any atom is -0.444 e. The summed E-state index contributed by atoms with van der Waals surface area (Å²) < 4.78 is 6.70. The number of H-pyrrole nitrogens is 1. The zero-order chi connectivity index (χ0) is 23.3. The van der Waals surface area contributed by atoms with Crippen LogP contribution in [0.2, 0.25) is 0 Å². The van der Waals surface area contributed by atoms with E-state index in [0.717, 1.165) is 23.8 Å². The number of aromatic nitrogens is 2. The molecule has 1 saturated heterocycles. The van der Waals surface area contributed by atoms with Crippen molar-refractivity contribution in [3.8, 4) is 0 Å². The number of rotatable bonds is 3. The van der Waals surface area contributed by atoms with E-state index in [1.54, 1.807) is 24.0 Å². The Kier molecular flexibility index (Phi) is 5.38. The number of nitrogens with one attached hydrogen (secondary N) is 2. The van der Waals surface area contributed by atoms with Gasteiger partial charge in [-0.2, -0.15) is 0 Å². The third-order valence-electron chi connectivity index (χ3n) is 6.40. The van der Waals surface area contributed by atoms with E-state index in [1.807, 2.05) is 20.8 Å². The van der Waals surface area contributed by atoms with E-state index < -0.39 is 11.3 Å².